The second-order valence-electron chi connectivity index (χ2n) is 7.09. The molecule has 0 heterocycles. The fourth-order valence-electron chi connectivity index (χ4n) is 1.79. The van der Waals surface area contributed by atoms with Crippen molar-refractivity contribution in [1.82, 2.24) is 9.74 Å². The van der Waals surface area contributed by atoms with Crippen LogP contribution in [-0.4, -0.2) is 90.2 Å². The molecule has 8 heteroatoms. The number of hydrogen-bond donors (Lipinski definition) is 2. The second kappa shape index (κ2) is 14.7. The minimum Gasteiger partial charge on any atom is -0.379 e. The Morgan fingerprint density at radius 3 is 2.08 bits per heavy atom. The number of hydrogen-bond acceptors (Lipinski definition) is 5. The SMILES string of the molecule is CN(CCC(C)(C)NCl)C(=O)CCOCCOCCOCC[NH+](C)C. The highest BCUT2D eigenvalue weighted by molar-refractivity contribution is 6.13. The van der Waals surface area contributed by atoms with Crippen LogP contribution in [0.2, 0.25) is 0 Å². The van der Waals surface area contributed by atoms with Gasteiger partial charge in [0.05, 0.1) is 60.2 Å². The second-order valence-corrected chi connectivity index (χ2v) is 7.28. The zero-order valence-corrected chi connectivity index (χ0v) is 17.3. The molecule has 1 amide bonds. The molecule has 0 bridgehead atoms. The number of ether oxygens (including phenoxy) is 3. The van der Waals surface area contributed by atoms with Crippen molar-refractivity contribution in [3.05, 3.63) is 0 Å². The van der Waals surface area contributed by atoms with Gasteiger partial charge in [-0.3, -0.25) is 4.79 Å². The van der Waals surface area contributed by atoms with Crippen molar-refractivity contribution in [2.24, 2.45) is 0 Å². The Labute approximate surface area is 158 Å². The predicted molar refractivity (Wildman–Crippen MR) is 100 cm³/mol. The van der Waals surface area contributed by atoms with Crippen LogP contribution in [0.3, 0.4) is 0 Å². The Morgan fingerprint density at radius 2 is 1.56 bits per heavy atom. The molecule has 0 aromatic rings. The Bertz CT molecular complexity index is 344. The summed E-state index contributed by atoms with van der Waals surface area (Å²) in [4.78, 5) is 17.8. The number of rotatable bonds is 16. The average Bonchev–Trinajstić information content (AvgIpc) is 2.57. The number of carbonyl (C=O) groups excluding carboxylic acids is 1. The summed E-state index contributed by atoms with van der Waals surface area (Å²) < 4.78 is 16.3. The van der Waals surface area contributed by atoms with E-state index < -0.39 is 0 Å². The lowest BCUT2D eigenvalue weighted by Gasteiger charge is -2.26. The number of carbonyl (C=O) groups is 1. The van der Waals surface area contributed by atoms with E-state index in [2.05, 4.69) is 18.9 Å². The van der Waals surface area contributed by atoms with E-state index in [0.717, 1.165) is 19.6 Å². The number of likely N-dealkylation sites (N-methyl/N-ethyl adjacent to an activating group) is 1. The van der Waals surface area contributed by atoms with E-state index in [1.54, 1.807) is 11.9 Å². The summed E-state index contributed by atoms with van der Waals surface area (Å²) in [5, 5.41) is 0. The Kier molecular flexibility index (Phi) is 14.4. The zero-order chi connectivity index (χ0) is 19.1. The highest BCUT2D eigenvalue weighted by atomic mass is 35.5. The molecule has 0 atom stereocenters. The standard InChI is InChI=1S/C17H36ClN3O4/c1-17(2,19-18)7-8-21(5)16(22)6-10-23-12-14-25-15-13-24-11-9-20(3)4/h19H,6-15H2,1-5H3/p+1. The Morgan fingerprint density at radius 1 is 1.04 bits per heavy atom. The molecule has 2 N–H and O–H groups in total. The van der Waals surface area contributed by atoms with Gasteiger partial charge in [0.1, 0.15) is 6.54 Å². The van der Waals surface area contributed by atoms with Gasteiger partial charge >= 0.3 is 0 Å². The minimum atomic E-state index is -0.193. The summed E-state index contributed by atoms with van der Waals surface area (Å²) in [5.41, 5.74) is -0.193. The summed E-state index contributed by atoms with van der Waals surface area (Å²) in [6.07, 6.45) is 1.16. The van der Waals surface area contributed by atoms with Crippen molar-refractivity contribution in [3.8, 4) is 0 Å². The van der Waals surface area contributed by atoms with Crippen molar-refractivity contribution >= 4 is 17.7 Å². The maximum absolute atomic E-state index is 12.0. The molecule has 0 unspecified atom stereocenters. The van der Waals surface area contributed by atoms with Crippen LogP contribution in [0.5, 0.6) is 0 Å². The average molecular weight is 383 g/mol. The normalized spacial score (nSPS) is 12.0. The zero-order valence-electron chi connectivity index (χ0n) is 16.5. The molecule has 0 fully saturated rings. The van der Waals surface area contributed by atoms with Gasteiger partial charge in [-0.2, -0.15) is 0 Å². The summed E-state index contributed by atoms with van der Waals surface area (Å²) in [6.45, 7) is 8.97. The molecule has 0 aromatic carbocycles. The first-order valence-electron chi connectivity index (χ1n) is 8.92. The van der Waals surface area contributed by atoms with Crippen LogP contribution in [0.25, 0.3) is 0 Å². The molecule has 0 rings (SSSR count). The molecule has 0 aromatic heterocycles. The molecule has 0 aliphatic heterocycles. The fourth-order valence-corrected chi connectivity index (χ4v) is 1.88. The smallest absolute Gasteiger partial charge is 0.224 e. The highest BCUT2D eigenvalue weighted by Gasteiger charge is 2.18. The van der Waals surface area contributed by atoms with E-state index in [1.165, 1.54) is 4.90 Å². The van der Waals surface area contributed by atoms with Crippen LogP contribution in [0.4, 0.5) is 0 Å². The minimum absolute atomic E-state index is 0.0720. The lowest BCUT2D eigenvalue weighted by atomic mass is 10.0. The van der Waals surface area contributed by atoms with E-state index in [9.17, 15) is 4.79 Å². The topological polar surface area (TPSA) is 64.5 Å². The molecule has 150 valence electrons. The Balaban J connectivity index is 3.45. The van der Waals surface area contributed by atoms with E-state index in [1.807, 2.05) is 13.8 Å². The highest BCUT2D eigenvalue weighted by Crippen LogP contribution is 2.10. The molecule has 25 heavy (non-hydrogen) atoms. The third-order valence-electron chi connectivity index (χ3n) is 3.70. The van der Waals surface area contributed by atoms with Crippen LogP contribution >= 0.6 is 11.8 Å². The molecular weight excluding hydrogens is 346 g/mol. The van der Waals surface area contributed by atoms with Gasteiger partial charge in [0.2, 0.25) is 5.91 Å². The van der Waals surface area contributed by atoms with Gasteiger partial charge in [-0.1, -0.05) is 0 Å². The predicted octanol–water partition coefficient (Wildman–Crippen LogP) is -0.0587. The van der Waals surface area contributed by atoms with E-state index in [0.29, 0.717) is 46.0 Å². The number of nitrogens with one attached hydrogen (secondary N) is 2. The lowest BCUT2D eigenvalue weighted by Crippen LogP contribution is -3.06. The van der Waals surface area contributed by atoms with Crippen LogP contribution in [0.1, 0.15) is 26.7 Å². The van der Waals surface area contributed by atoms with Crippen LogP contribution in [-0.2, 0) is 19.0 Å². The van der Waals surface area contributed by atoms with Crippen molar-refractivity contribution in [2.75, 3.05) is 73.9 Å². The molecule has 0 saturated carbocycles. The summed E-state index contributed by atoms with van der Waals surface area (Å²) >= 11 is 5.65. The first-order chi connectivity index (χ1) is 11.8. The van der Waals surface area contributed by atoms with Crippen LogP contribution in [0.15, 0.2) is 0 Å². The van der Waals surface area contributed by atoms with Gasteiger partial charge in [0.25, 0.3) is 0 Å². The van der Waals surface area contributed by atoms with Crippen molar-refractivity contribution in [2.45, 2.75) is 32.2 Å². The molecule has 0 aliphatic carbocycles. The monoisotopic (exact) mass is 382 g/mol. The van der Waals surface area contributed by atoms with Crippen LogP contribution in [0, 0.1) is 0 Å². The quantitative estimate of drug-likeness (QED) is 0.289. The van der Waals surface area contributed by atoms with Gasteiger partial charge in [-0.05, 0) is 32.0 Å². The lowest BCUT2D eigenvalue weighted by molar-refractivity contribution is -0.858. The summed E-state index contributed by atoms with van der Waals surface area (Å²) in [7, 11) is 5.99. The van der Waals surface area contributed by atoms with E-state index in [4.69, 9.17) is 26.0 Å². The molecular formula is C17H37ClN3O4+. The Hall–Kier alpha value is -0.440. The first kappa shape index (κ1) is 24.6. The number of halogens is 1. The maximum Gasteiger partial charge on any atom is 0.224 e. The van der Waals surface area contributed by atoms with E-state index in [-0.39, 0.29) is 11.4 Å². The summed E-state index contributed by atoms with van der Waals surface area (Å²) in [6, 6.07) is 0. The molecule has 0 aliphatic rings. The van der Waals surface area contributed by atoms with Crippen molar-refractivity contribution in [1.29, 1.82) is 0 Å². The van der Waals surface area contributed by atoms with Crippen molar-refractivity contribution < 1.29 is 23.9 Å². The van der Waals surface area contributed by atoms with Gasteiger partial charge in [0, 0.05) is 19.1 Å². The third kappa shape index (κ3) is 15.5. The molecule has 0 radical (unpaired) electrons. The van der Waals surface area contributed by atoms with Crippen molar-refractivity contribution in [3.63, 3.8) is 0 Å². The maximum atomic E-state index is 12.0. The molecule has 0 saturated heterocycles. The number of amides is 1. The first-order valence-corrected chi connectivity index (χ1v) is 9.30. The van der Waals surface area contributed by atoms with Gasteiger partial charge in [-0.25, -0.2) is 4.84 Å². The van der Waals surface area contributed by atoms with Gasteiger partial charge in [0.15, 0.2) is 0 Å². The number of nitrogens with zero attached hydrogens (tertiary/aromatic N) is 1. The number of quaternary nitrogens is 1. The van der Waals surface area contributed by atoms with Crippen LogP contribution < -0.4 is 9.74 Å². The van der Waals surface area contributed by atoms with Gasteiger partial charge < -0.3 is 24.0 Å². The summed E-state index contributed by atoms with van der Waals surface area (Å²) in [5.74, 6) is 0.0720. The van der Waals surface area contributed by atoms with Gasteiger partial charge in [-0.15, -0.1) is 0 Å². The van der Waals surface area contributed by atoms with E-state index >= 15 is 0 Å². The molecule has 0 spiro atoms. The third-order valence-corrected chi connectivity index (χ3v) is 4.22. The largest absolute Gasteiger partial charge is 0.379 e. The molecule has 7 nitrogen and oxygen atoms in total. The fraction of sp³-hybridized carbons (Fsp3) is 0.941.